The molecule has 1 amide bonds. The normalized spacial score (nSPS) is 18.3. The van der Waals surface area contributed by atoms with E-state index in [0.29, 0.717) is 6.42 Å². The number of nitrogens with one attached hydrogen (secondary N) is 1. The molecule has 22 heavy (non-hydrogen) atoms. The number of aryl methyl sites for hydroxylation is 1. The Morgan fingerprint density at radius 2 is 1.91 bits per heavy atom. The Morgan fingerprint density at radius 1 is 1.32 bits per heavy atom. The Hall–Kier alpha value is -1.40. The number of benzene rings is 1. The minimum Gasteiger partial charge on any atom is -0.349 e. The van der Waals surface area contributed by atoms with Gasteiger partial charge in [-0.2, -0.15) is 0 Å². The molecule has 0 unspecified atom stereocenters. The first-order valence-electron chi connectivity index (χ1n) is 7.60. The first kappa shape index (κ1) is 17.0. The van der Waals surface area contributed by atoms with Crippen molar-refractivity contribution >= 4 is 15.9 Å². The zero-order chi connectivity index (χ0) is 16.4. The summed E-state index contributed by atoms with van der Waals surface area (Å²) in [6.07, 6.45) is 2.72. The molecule has 0 radical (unpaired) electrons. The standard InChI is InChI=1S/C16H24N2O3S/c1-12-4-6-14(7-5-12)13(2)18-15(19)16(8-3-9-16)10-11-22(17,20)21/h4-7,13H,3,8-11H2,1-2H3,(H,18,19)(H2,17,20,21)/t13-/m0/s1. The van der Waals surface area contributed by atoms with Crippen LogP contribution in [0.4, 0.5) is 0 Å². The third-order valence-corrected chi connectivity index (χ3v) is 5.36. The predicted octanol–water partition coefficient (Wildman–Crippen LogP) is 2.02. The lowest BCUT2D eigenvalue weighted by Crippen LogP contribution is -2.47. The van der Waals surface area contributed by atoms with E-state index in [0.717, 1.165) is 24.8 Å². The van der Waals surface area contributed by atoms with Crippen LogP contribution in [0, 0.1) is 12.3 Å². The molecule has 1 saturated carbocycles. The summed E-state index contributed by atoms with van der Waals surface area (Å²) in [6, 6.07) is 7.92. The average molecular weight is 324 g/mol. The molecule has 3 N–H and O–H groups in total. The fourth-order valence-corrected chi connectivity index (χ4v) is 3.50. The van der Waals surface area contributed by atoms with Crippen LogP contribution in [-0.4, -0.2) is 20.1 Å². The summed E-state index contributed by atoms with van der Waals surface area (Å²) in [6.45, 7) is 3.96. The number of hydrogen-bond donors (Lipinski definition) is 2. The predicted molar refractivity (Wildman–Crippen MR) is 86.6 cm³/mol. The first-order valence-corrected chi connectivity index (χ1v) is 9.31. The molecular formula is C16H24N2O3S. The molecule has 0 aliphatic heterocycles. The highest BCUT2D eigenvalue weighted by Gasteiger charge is 2.44. The van der Waals surface area contributed by atoms with Crippen molar-refractivity contribution in [3.8, 4) is 0 Å². The van der Waals surface area contributed by atoms with Crippen LogP contribution < -0.4 is 10.5 Å². The number of carbonyl (C=O) groups is 1. The lowest BCUT2D eigenvalue weighted by Gasteiger charge is -2.41. The number of hydrogen-bond acceptors (Lipinski definition) is 3. The molecule has 1 fully saturated rings. The molecule has 0 spiro atoms. The summed E-state index contributed by atoms with van der Waals surface area (Å²) in [5.41, 5.74) is 1.65. The summed E-state index contributed by atoms with van der Waals surface area (Å²) in [4.78, 5) is 12.6. The molecular weight excluding hydrogens is 300 g/mol. The van der Waals surface area contributed by atoms with Gasteiger partial charge in [0.15, 0.2) is 0 Å². The van der Waals surface area contributed by atoms with Crippen LogP contribution in [0.3, 0.4) is 0 Å². The van der Waals surface area contributed by atoms with Gasteiger partial charge < -0.3 is 5.32 Å². The van der Waals surface area contributed by atoms with Crippen LogP contribution in [0.2, 0.25) is 0 Å². The summed E-state index contributed by atoms with van der Waals surface area (Å²) in [5.74, 6) is -0.199. The van der Waals surface area contributed by atoms with Crippen molar-refractivity contribution in [3.05, 3.63) is 35.4 Å². The highest BCUT2D eigenvalue weighted by Crippen LogP contribution is 2.44. The monoisotopic (exact) mass is 324 g/mol. The summed E-state index contributed by atoms with van der Waals surface area (Å²) in [5, 5.41) is 8.09. The molecule has 0 heterocycles. The Kier molecular flexibility index (Phi) is 4.92. The van der Waals surface area contributed by atoms with Gasteiger partial charge in [-0.1, -0.05) is 36.2 Å². The van der Waals surface area contributed by atoms with Gasteiger partial charge in [0.05, 0.1) is 17.2 Å². The Balaban J connectivity index is 2.01. The van der Waals surface area contributed by atoms with E-state index in [9.17, 15) is 13.2 Å². The summed E-state index contributed by atoms with van der Waals surface area (Å²) < 4.78 is 22.3. The van der Waals surface area contributed by atoms with Crippen LogP contribution in [-0.2, 0) is 14.8 Å². The molecule has 1 aliphatic rings. The quantitative estimate of drug-likeness (QED) is 0.839. The van der Waals surface area contributed by atoms with Gasteiger partial charge in [0.2, 0.25) is 15.9 Å². The van der Waals surface area contributed by atoms with Crippen molar-refractivity contribution in [1.29, 1.82) is 0 Å². The van der Waals surface area contributed by atoms with Gasteiger partial charge in [-0.05, 0) is 38.7 Å². The maximum atomic E-state index is 12.6. The van der Waals surface area contributed by atoms with E-state index >= 15 is 0 Å². The van der Waals surface area contributed by atoms with Crippen molar-refractivity contribution in [2.24, 2.45) is 10.6 Å². The van der Waals surface area contributed by atoms with E-state index in [2.05, 4.69) is 5.32 Å². The second-order valence-corrected chi connectivity index (χ2v) is 8.09. The maximum absolute atomic E-state index is 12.6. The van der Waals surface area contributed by atoms with E-state index in [1.165, 1.54) is 5.56 Å². The van der Waals surface area contributed by atoms with Crippen molar-refractivity contribution in [2.75, 3.05) is 5.75 Å². The van der Waals surface area contributed by atoms with Gasteiger partial charge in [-0.25, -0.2) is 13.6 Å². The van der Waals surface area contributed by atoms with Crippen LogP contribution in [0.25, 0.3) is 0 Å². The van der Waals surface area contributed by atoms with E-state index in [1.807, 2.05) is 38.1 Å². The fourth-order valence-electron chi connectivity index (χ4n) is 2.82. The summed E-state index contributed by atoms with van der Waals surface area (Å²) >= 11 is 0. The third-order valence-electron chi connectivity index (χ3n) is 4.58. The lowest BCUT2D eigenvalue weighted by molar-refractivity contribution is -0.136. The molecule has 5 nitrogen and oxygen atoms in total. The van der Waals surface area contributed by atoms with Gasteiger partial charge in [0.25, 0.3) is 0 Å². The van der Waals surface area contributed by atoms with Gasteiger partial charge in [0.1, 0.15) is 0 Å². The molecule has 122 valence electrons. The van der Waals surface area contributed by atoms with Crippen molar-refractivity contribution in [2.45, 2.75) is 45.6 Å². The van der Waals surface area contributed by atoms with Gasteiger partial charge in [0, 0.05) is 0 Å². The van der Waals surface area contributed by atoms with Crippen LogP contribution in [0.15, 0.2) is 24.3 Å². The topological polar surface area (TPSA) is 89.3 Å². The molecule has 1 aromatic rings. The minimum atomic E-state index is -3.53. The minimum absolute atomic E-state index is 0.0597. The Morgan fingerprint density at radius 3 is 2.36 bits per heavy atom. The van der Waals surface area contributed by atoms with Crippen molar-refractivity contribution in [3.63, 3.8) is 0 Å². The fraction of sp³-hybridized carbons (Fsp3) is 0.562. The number of nitrogens with two attached hydrogens (primary N) is 1. The zero-order valence-corrected chi connectivity index (χ0v) is 13.9. The Bertz CT molecular complexity index is 634. The maximum Gasteiger partial charge on any atom is 0.226 e. The highest BCUT2D eigenvalue weighted by molar-refractivity contribution is 7.89. The number of sulfonamides is 1. The molecule has 0 bridgehead atoms. The SMILES string of the molecule is Cc1ccc([C@H](C)NC(=O)C2(CCS(N)(=O)=O)CCC2)cc1. The van der Waals surface area contributed by atoms with E-state index < -0.39 is 15.4 Å². The molecule has 1 atom stereocenters. The number of amides is 1. The number of rotatable bonds is 6. The number of carbonyl (C=O) groups excluding carboxylic acids is 1. The zero-order valence-electron chi connectivity index (χ0n) is 13.1. The van der Waals surface area contributed by atoms with Crippen LogP contribution in [0.5, 0.6) is 0 Å². The van der Waals surface area contributed by atoms with Crippen LogP contribution in [0.1, 0.15) is 49.8 Å². The van der Waals surface area contributed by atoms with E-state index in [-0.39, 0.29) is 17.7 Å². The van der Waals surface area contributed by atoms with Crippen LogP contribution >= 0.6 is 0 Å². The lowest BCUT2D eigenvalue weighted by atomic mass is 9.66. The van der Waals surface area contributed by atoms with Crippen molar-refractivity contribution < 1.29 is 13.2 Å². The largest absolute Gasteiger partial charge is 0.349 e. The smallest absolute Gasteiger partial charge is 0.226 e. The molecule has 1 aromatic carbocycles. The summed E-state index contributed by atoms with van der Waals surface area (Å²) in [7, 11) is -3.53. The second-order valence-electron chi connectivity index (χ2n) is 6.36. The molecule has 0 saturated heterocycles. The molecule has 1 aliphatic carbocycles. The number of primary sulfonamides is 1. The van der Waals surface area contributed by atoms with Gasteiger partial charge in [-0.15, -0.1) is 0 Å². The molecule has 6 heteroatoms. The van der Waals surface area contributed by atoms with E-state index in [4.69, 9.17) is 5.14 Å². The van der Waals surface area contributed by atoms with Gasteiger partial charge in [-0.3, -0.25) is 4.79 Å². The second kappa shape index (κ2) is 6.38. The van der Waals surface area contributed by atoms with E-state index in [1.54, 1.807) is 0 Å². The van der Waals surface area contributed by atoms with Gasteiger partial charge >= 0.3 is 0 Å². The highest BCUT2D eigenvalue weighted by atomic mass is 32.2. The molecule has 2 rings (SSSR count). The molecule has 0 aromatic heterocycles. The third kappa shape index (κ3) is 4.08. The Labute approximate surface area is 132 Å². The van der Waals surface area contributed by atoms with Crippen molar-refractivity contribution in [1.82, 2.24) is 5.32 Å². The average Bonchev–Trinajstić information content (AvgIpc) is 2.36. The first-order chi connectivity index (χ1) is 10.2.